The van der Waals surface area contributed by atoms with Gasteiger partial charge in [-0.1, -0.05) is 18.5 Å². The number of hydrogen-bond donors (Lipinski definition) is 2. The number of aromatic nitrogens is 1. The number of benzene rings is 2. The Bertz CT molecular complexity index is 874. The highest BCUT2D eigenvalue weighted by molar-refractivity contribution is 6.31. The summed E-state index contributed by atoms with van der Waals surface area (Å²) in [5.74, 6) is 0.769. The first-order valence-electron chi connectivity index (χ1n) is 7.85. The molecule has 0 atom stereocenters. The predicted octanol–water partition coefficient (Wildman–Crippen LogP) is 4.11. The van der Waals surface area contributed by atoms with Crippen molar-refractivity contribution in [2.45, 2.75) is 6.92 Å². The zero-order chi connectivity index (χ0) is 17.1. The summed E-state index contributed by atoms with van der Waals surface area (Å²) in [7, 11) is 1.65. The second kappa shape index (κ2) is 8.54. The second-order valence-corrected chi connectivity index (χ2v) is 5.88. The van der Waals surface area contributed by atoms with Gasteiger partial charge in [-0.25, -0.2) is 9.99 Å². The highest BCUT2D eigenvalue weighted by Crippen LogP contribution is 2.34. The standard InChI is InChI=1S/C18H20ClN3O2.ClH/c1-3-22(8-9-23)21-18-14-6-4-12(19)10-17(14)20-16-7-5-13(24-2)11-15(16)18;/h4-7,10-11,23H,3,8-9H2,1-2H3,(H,20,21);1H. The average molecular weight is 382 g/mol. The average Bonchev–Trinajstić information content (AvgIpc) is 2.60. The van der Waals surface area contributed by atoms with E-state index in [9.17, 15) is 5.11 Å². The van der Waals surface area contributed by atoms with Crippen LogP contribution in [0.1, 0.15) is 6.92 Å². The normalized spacial score (nSPS) is 10.9. The lowest BCUT2D eigenvalue weighted by Gasteiger charge is -2.24. The number of pyridine rings is 1. The fourth-order valence-electron chi connectivity index (χ4n) is 2.72. The van der Waals surface area contributed by atoms with Gasteiger partial charge in [-0.3, -0.25) is 0 Å². The van der Waals surface area contributed by atoms with E-state index in [4.69, 9.17) is 21.3 Å². The van der Waals surface area contributed by atoms with E-state index in [1.165, 1.54) is 0 Å². The van der Waals surface area contributed by atoms with Crippen molar-refractivity contribution < 1.29 is 9.84 Å². The third kappa shape index (κ3) is 4.07. The molecule has 0 unspecified atom stereocenters. The molecule has 0 amide bonds. The first-order chi connectivity index (χ1) is 11.7. The van der Waals surface area contributed by atoms with Crippen LogP contribution in [0, 0.1) is 0 Å². The van der Waals surface area contributed by atoms with E-state index in [1.54, 1.807) is 7.11 Å². The van der Waals surface area contributed by atoms with Crippen molar-refractivity contribution >= 4 is 51.5 Å². The van der Waals surface area contributed by atoms with E-state index < -0.39 is 0 Å². The molecule has 0 saturated heterocycles. The van der Waals surface area contributed by atoms with Gasteiger partial charge in [-0.15, -0.1) is 12.4 Å². The third-order valence-corrected chi connectivity index (χ3v) is 4.20. The van der Waals surface area contributed by atoms with Gasteiger partial charge in [0.2, 0.25) is 0 Å². The number of aliphatic hydroxyl groups is 1. The van der Waals surface area contributed by atoms with Gasteiger partial charge in [-0.05, 0) is 36.4 Å². The summed E-state index contributed by atoms with van der Waals surface area (Å²) in [6.07, 6.45) is 0. The molecular weight excluding hydrogens is 361 g/mol. The molecule has 134 valence electrons. The van der Waals surface area contributed by atoms with Crippen molar-refractivity contribution in [1.29, 1.82) is 0 Å². The van der Waals surface area contributed by atoms with Crippen LogP contribution in [0.25, 0.3) is 21.8 Å². The van der Waals surface area contributed by atoms with E-state index in [0.717, 1.165) is 39.8 Å². The Morgan fingerprint density at radius 3 is 2.64 bits per heavy atom. The third-order valence-electron chi connectivity index (χ3n) is 3.96. The Morgan fingerprint density at radius 1 is 1.16 bits per heavy atom. The number of halogens is 2. The molecule has 0 aliphatic carbocycles. The summed E-state index contributed by atoms with van der Waals surface area (Å²) >= 11 is 6.13. The Balaban J connectivity index is 0.00000225. The maximum Gasteiger partial charge on any atom is 0.119 e. The van der Waals surface area contributed by atoms with Crippen LogP contribution < -0.4 is 10.2 Å². The van der Waals surface area contributed by atoms with Crippen molar-refractivity contribution in [3.05, 3.63) is 41.4 Å². The van der Waals surface area contributed by atoms with Crippen LogP contribution >= 0.6 is 24.0 Å². The van der Waals surface area contributed by atoms with Crippen LogP contribution in [-0.4, -0.2) is 41.9 Å². The summed E-state index contributed by atoms with van der Waals surface area (Å²) in [6, 6.07) is 11.5. The number of fused-ring (bicyclic) bond motifs is 2. The van der Waals surface area contributed by atoms with Gasteiger partial charge in [0.25, 0.3) is 0 Å². The molecule has 0 fully saturated rings. The Kier molecular flexibility index (Phi) is 6.67. The topological polar surface area (TPSA) is 57.6 Å². The van der Waals surface area contributed by atoms with Gasteiger partial charge in [0, 0.05) is 28.9 Å². The highest BCUT2D eigenvalue weighted by Gasteiger charge is 2.13. The predicted molar refractivity (Wildman–Crippen MR) is 106 cm³/mol. The first kappa shape index (κ1) is 19.5. The van der Waals surface area contributed by atoms with Gasteiger partial charge in [-0.2, -0.15) is 0 Å². The van der Waals surface area contributed by atoms with Crippen molar-refractivity contribution in [1.82, 2.24) is 9.99 Å². The summed E-state index contributed by atoms with van der Waals surface area (Å²) in [6.45, 7) is 3.39. The lowest BCUT2D eigenvalue weighted by Crippen LogP contribution is -2.32. The molecule has 0 radical (unpaired) electrons. The van der Waals surface area contributed by atoms with Crippen LogP contribution in [0.3, 0.4) is 0 Å². The van der Waals surface area contributed by atoms with Crippen molar-refractivity contribution in [3.63, 3.8) is 0 Å². The molecule has 0 bridgehead atoms. The number of anilines is 1. The van der Waals surface area contributed by atoms with Gasteiger partial charge < -0.3 is 15.3 Å². The molecule has 0 saturated carbocycles. The quantitative estimate of drug-likeness (QED) is 0.496. The molecular formula is C18H21Cl2N3O2. The van der Waals surface area contributed by atoms with Crippen LogP contribution in [0.15, 0.2) is 36.4 Å². The number of hydrazine groups is 1. The number of ether oxygens (including phenoxy) is 1. The number of aliphatic hydroxyl groups excluding tert-OH is 1. The molecule has 0 spiro atoms. The fraction of sp³-hybridized carbons (Fsp3) is 0.278. The Morgan fingerprint density at radius 2 is 1.96 bits per heavy atom. The molecule has 0 aliphatic heterocycles. The molecule has 0 aliphatic rings. The number of hydrogen-bond acceptors (Lipinski definition) is 5. The lowest BCUT2D eigenvalue weighted by molar-refractivity contribution is 0.226. The summed E-state index contributed by atoms with van der Waals surface area (Å²) in [5.41, 5.74) is 6.03. The lowest BCUT2D eigenvalue weighted by atomic mass is 10.1. The molecule has 2 N–H and O–H groups in total. The second-order valence-electron chi connectivity index (χ2n) is 5.45. The van der Waals surface area contributed by atoms with E-state index in [2.05, 4.69) is 5.43 Å². The summed E-state index contributed by atoms with van der Waals surface area (Å²) < 4.78 is 5.36. The van der Waals surface area contributed by atoms with Crippen LogP contribution in [0.5, 0.6) is 5.75 Å². The minimum atomic E-state index is 0. The van der Waals surface area contributed by atoms with Gasteiger partial charge in [0.05, 0.1) is 30.4 Å². The van der Waals surface area contributed by atoms with E-state index in [1.807, 2.05) is 48.3 Å². The monoisotopic (exact) mass is 381 g/mol. The van der Waals surface area contributed by atoms with Gasteiger partial charge in [0.1, 0.15) is 5.75 Å². The number of nitrogens with zero attached hydrogens (tertiary/aromatic N) is 2. The van der Waals surface area contributed by atoms with Crippen molar-refractivity contribution in [2.75, 3.05) is 32.2 Å². The first-order valence-corrected chi connectivity index (χ1v) is 8.23. The molecule has 7 heteroatoms. The molecule has 3 rings (SSSR count). The van der Waals surface area contributed by atoms with Crippen molar-refractivity contribution in [2.24, 2.45) is 0 Å². The summed E-state index contributed by atoms with van der Waals surface area (Å²) in [5, 5.41) is 13.8. The molecule has 1 heterocycles. The number of rotatable bonds is 6. The SMILES string of the molecule is CCN(CCO)Nc1c2ccc(Cl)cc2nc2ccc(OC)cc12.Cl. The molecule has 25 heavy (non-hydrogen) atoms. The summed E-state index contributed by atoms with van der Waals surface area (Å²) in [4.78, 5) is 4.71. The van der Waals surface area contributed by atoms with Crippen LogP contribution in [0.4, 0.5) is 5.69 Å². The minimum Gasteiger partial charge on any atom is -0.497 e. The van der Waals surface area contributed by atoms with E-state index in [-0.39, 0.29) is 19.0 Å². The smallest absolute Gasteiger partial charge is 0.119 e. The van der Waals surface area contributed by atoms with Gasteiger partial charge >= 0.3 is 0 Å². The maximum absolute atomic E-state index is 9.26. The zero-order valence-electron chi connectivity index (χ0n) is 14.1. The molecule has 2 aromatic carbocycles. The fourth-order valence-corrected chi connectivity index (χ4v) is 2.88. The van der Waals surface area contributed by atoms with Gasteiger partial charge in [0.15, 0.2) is 0 Å². The largest absolute Gasteiger partial charge is 0.497 e. The van der Waals surface area contributed by atoms with Crippen molar-refractivity contribution in [3.8, 4) is 5.75 Å². The number of nitrogens with one attached hydrogen (secondary N) is 1. The Labute approximate surface area is 157 Å². The van der Waals surface area contributed by atoms with Crippen LogP contribution in [0.2, 0.25) is 5.02 Å². The molecule has 3 aromatic rings. The van der Waals surface area contributed by atoms with E-state index >= 15 is 0 Å². The van der Waals surface area contributed by atoms with E-state index in [0.29, 0.717) is 11.6 Å². The highest BCUT2D eigenvalue weighted by atomic mass is 35.5. The Hall–Kier alpha value is -1.79. The van der Waals surface area contributed by atoms with Crippen LogP contribution in [-0.2, 0) is 0 Å². The zero-order valence-corrected chi connectivity index (χ0v) is 15.7. The maximum atomic E-state index is 9.26. The minimum absolute atomic E-state index is 0. The number of likely N-dealkylation sites (N-methyl/N-ethyl adjacent to an activating group) is 1. The molecule has 5 nitrogen and oxygen atoms in total. The number of methoxy groups -OCH3 is 1. The molecule has 1 aromatic heterocycles.